The first-order chi connectivity index (χ1) is 11.4. The summed E-state index contributed by atoms with van der Waals surface area (Å²) in [4.78, 5) is 27.3. The first-order valence-electron chi connectivity index (χ1n) is 8.17. The molecule has 1 heterocycles. The number of nitrogens with zero attached hydrogens (tertiary/aromatic N) is 1. The Labute approximate surface area is 146 Å². The van der Waals surface area contributed by atoms with Crippen LogP contribution in [0.2, 0.25) is 0 Å². The van der Waals surface area contributed by atoms with E-state index < -0.39 is 0 Å². The molecule has 0 radical (unpaired) electrons. The largest absolute Gasteiger partial charge is 0.390 e. The van der Waals surface area contributed by atoms with Gasteiger partial charge in [0.2, 0.25) is 0 Å². The summed E-state index contributed by atoms with van der Waals surface area (Å²) in [5.74, 6) is -0.207. The Morgan fingerprint density at radius 3 is 2.46 bits per heavy atom. The molecule has 0 bridgehead atoms. The van der Waals surface area contributed by atoms with Gasteiger partial charge in [-0.05, 0) is 55.4 Å². The Morgan fingerprint density at radius 2 is 1.79 bits per heavy atom. The Balaban J connectivity index is 2.00. The maximum absolute atomic E-state index is 13.0. The van der Waals surface area contributed by atoms with Crippen LogP contribution in [-0.2, 0) is 12.8 Å². The van der Waals surface area contributed by atoms with Gasteiger partial charge in [-0.25, -0.2) is 0 Å². The molecule has 1 aromatic heterocycles. The molecule has 5 heteroatoms. The lowest BCUT2D eigenvalue weighted by molar-refractivity contribution is 0.0831. The average Bonchev–Trinajstić information content (AvgIpc) is 2.87. The monoisotopic (exact) mass is 342 g/mol. The lowest BCUT2D eigenvalue weighted by Crippen LogP contribution is -2.21. The molecule has 2 aromatic rings. The van der Waals surface area contributed by atoms with Gasteiger partial charge in [-0.1, -0.05) is 12.1 Å². The zero-order valence-electron chi connectivity index (χ0n) is 14.3. The van der Waals surface area contributed by atoms with Crippen LogP contribution in [0.15, 0.2) is 18.2 Å². The van der Waals surface area contributed by atoms with E-state index in [0.717, 1.165) is 12.8 Å². The van der Waals surface area contributed by atoms with Gasteiger partial charge in [0.1, 0.15) is 0 Å². The molecule has 126 valence electrons. The number of ketones is 1. The van der Waals surface area contributed by atoms with Crippen LogP contribution < -0.4 is 5.73 Å². The molecule has 24 heavy (non-hydrogen) atoms. The van der Waals surface area contributed by atoms with E-state index in [9.17, 15) is 9.59 Å². The number of nitrogen functional groups attached to an aromatic ring is 1. The van der Waals surface area contributed by atoms with E-state index in [1.807, 2.05) is 12.1 Å². The summed E-state index contributed by atoms with van der Waals surface area (Å²) in [5, 5.41) is 0.417. The molecule has 0 fully saturated rings. The fourth-order valence-corrected chi connectivity index (χ4v) is 4.34. The smallest absolute Gasteiger partial charge is 0.263 e. The zero-order chi connectivity index (χ0) is 17.4. The molecule has 3 rings (SSSR count). The summed E-state index contributed by atoms with van der Waals surface area (Å²) in [6.07, 6.45) is 4.50. The molecular weight excluding hydrogens is 320 g/mol. The highest BCUT2D eigenvalue weighted by atomic mass is 32.1. The Kier molecular flexibility index (Phi) is 4.45. The molecule has 0 atom stereocenters. The number of carbonyl (C=O) groups is 2. The molecule has 0 aliphatic heterocycles. The van der Waals surface area contributed by atoms with Crippen molar-refractivity contribution in [1.29, 1.82) is 0 Å². The Hall–Kier alpha value is -2.14. The SMILES string of the molecule is Cc1c(C(=O)N(C)C)sc(N)c1C(=O)c1ccc2c(c1)CCCC2. The summed E-state index contributed by atoms with van der Waals surface area (Å²) in [6, 6.07) is 5.95. The van der Waals surface area contributed by atoms with Crippen molar-refractivity contribution >= 4 is 28.0 Å². The number of anilines is 1. The summed E-state index contributed by atoms with van der Waals surface area (Å²) in [7, 11) is 3.39. The highest BCUT2D eigenvalue weighted by Gasteiger charge is 2.25. The lowest BCUT2D eigenvalue weighted by Gasteiger charge is -2.16. The predicted molar refractivity (Wildman–Crippen MR) is 98.0 cm³/mol. The minimum atomic E-state index is -0.117. The fourth-order valence-electron chi connectivity index (χ4n) is 3.24. The van der Waals surface area contributed by atoms with Crippen LogP contribution in [-0.4, -0.2) is 30.7 Å². The Bertz CT molecular complexity index is 821. The number of fused-ring (bicyclic) bond motifs is 1. The topological polar surface area (TPSA) is 63.4 Å². The average molecular weight is 342 g/mol. The number of thiophene rings is 1. The van der Waals surface area contributed by atoms with Crippen molar-refractivity contribution in [1.82, 2.24) is 4.90 Å². The molecule has 1 amide bonds. The number of aryl methyl sites for hydroxylation is 2. The van der Waals surface area contributed by atoms with Gasteiger partial charge >= 0.3 is 0 Å². The van der Waals surface area contributed by atoms with E-state index in [0.29, 0.717) is 26.6 Å². The third-order valence-corrected chi connectivity index (χ3v) is 5.72. The number of carbonyl (C=O) groups excluding carboxylic acids is 2. The minimum absolute atomic E-state index is 0.0903. The van der Waals surface area contributed by atoms with E-state index in [4.69, 9.17) is 5.73 Å². The highest BCUT2D eigenvalue weighted by molar-refractivity contribution is 7.18. The second-order valence-electron chi connectivity index (χ2n) is 6.51. The van der Waals surface area contributed by atoms with Crippen molar-refractivity contribution in [3.63, 3.8) is 0 Å². The van der Waals surface area contributed by atoms with Crippen molar-refractivity contribution in [2.24, 2.45) is 0 Å². The maximum Gasteiger partial charge on any atom is 0.263 e. The van der Waals surface area contributed by atoms with Crippen LogP contribution in [0.1, 0.15) is 55.1 Å². The third-order valence-electron chi connectivity index (χ3n) is 4.61. The van der Waals surface area contributed by atoms with Gasteiger partial charge in [0.25, 0.3) is 5.91 Å². The molecule has 1 aliphatic carbocycles. The van der Waals surface area contributed by atoms with Crippen LogP contribution in [0.4, 0.5) is 5.00 Å². The molecule has 1 aliphatic rings. The quantitative estimate of drug-likeness (QED) is 0.869. The lowest BCUT2D eigenvalue weighted by atomic mass is 9.89. The highest BCUT2D eigenvalue weighted by Crippen LogP contribution is 2.33. The van der Waals surface area contributed by atoms with Crippen molar-refractivity contribution in [3.05, 3.63) is 50.9 Å². The van der Waals surface area contributed by atoms with Gasteiger partial charge in [0.15, 0.2) is 5.78 Å². The normalized spacial score (nSPS) is 13.5. The summed E-state index contributed by atoms with van der Waals surface area (Å²) >= 11 is 1.19. The molecule has 0 spiro atoms. The molecule has 0 saturated heterocycles. The maximum atomic E-state index is 13.0. The number of nitrogens with two attached hydrogens (primary N) is 1. The van der Waals surface area contributed by atoms with Crippen molar-refractivity contribution in [2.45, 2.75) is 32.6 Å². The van der Waals surface area contributed by atoms with Crippen LogP contribution in [0, 0.1) is 6.92 Å². The molecule has 0 unspecified atom stereocenters. The van der Waals surface area contributed by atoms with Crippen LogP contribution in [0.25, 0.3) is 0 Å². The standard InChI is InChI=1S/C19H22N2O2S/c1-11-15(18(20)24-17(11)19(23)21(2)3)16(22)14-9-8-12-6-4-5-7-13(12)10-14/h8-10H,4-7,20H2,1-3H3. The van der Waals surface area contributed by atoms with E-state index in [1.165, 1.54) is 40.2 Å². The van der Waals surface area contributed by atoms with E-state index in [-0.39, 0.29) is 11.7 Å². The van der Waals surface area contributed by atoms with Gasteiger partial charge in [0, 0.05) is 19.7 Å². The number of amides is 1. The third kappa shape index (κ3) is 2.84. The number of hydrogen-bond donors (Lipinski definition) is 1. The van der Waals surface area contributed by atoms with Crippen molar-refractivity contribution in [3.8, 4) is 0 Å². The van der Waals surface area contributed by atoms with E-state index >= 15 is 0 Å². The summed E-state index contributed by atoms with van der Waals surface area (Å²) < 4.78 is 0. The second-order valence-corrected chi connectivity index (χ2v) is 7.57. The van der Waals surface area contributed by atoms with Crippen molar-refractivity contribution < 1.29 is 9.59 Å². The van der Waals surface area contributed by atoms with E-state index in [1.54, 1.807) is 21.0 Å². The van der Waals surface area contributed by atoms with Crippen LogP contribution >= 0.6 is 11.3 Å². The molecular formula is C19H22N2O2S. The van der Waals surface area contributed by atoms with Gasteiger partial charge in [-0.3, -0.25) is 9.59 Å². The zero-order valence-corrected chi connectivity index (χ0v) is 15.1. The second kappa shape index (κ2) is 6.40. The number of benzene rings is 1. The van der Waals surface area contributed by atoms with Crippen LogP contribution in [0.5, 0.6) is 0 Å². The van der Waals surface area contributed by atoms with Crippen molar-refractivity contribution in [2.75, 3.05) is 19.8 Å². The first kappa shape index (κ1) is 16.7. The van der Waals surface area contributed by atoms with Gasteiger partial charge in [0.05, 0.1) is 15.4 Å². The van der Waals surface area contributed by atoms with Gasteiger partial charge in [-0.15, -0.1) is 11.3 Å². The molecule has 1 aromatic carbocycles. The van der Waals surface area contributed by atoms with Crippen LogP contribution in [0.3, 0.4) is 0 Å². The molecule has 0 saturated carbocycles. The van der Waals surface area contributed by atoms with E-state index in [2.05, 4.69) is 6.07 Å². The predicted octanol–water partition coefficient (Wildman–Crippen LogP) is 3.45. The fraction of sp³-hybridized carbons (Fsp3) is 0.368. The first-order valence-corrected chi connectivity index (χ1v) is 8.98. The summed E-state index contributed by atoms with van der Waals surface area (Å²) in [5.41, 5.74) is 10.5. The Morgan fingerprint density at radius 1 is 1.12 bits per heavy atom. The summed E-state index contributed by atoms with van der Waals surface area (Å²) in [6.45, 7) is 1.80. The minimum Gasteiger partial charge on any atom is -0.390 e. The van der Waals surface area contributed by atoms with Gasteiger partial charge in [-0.2, -0.15) is 0 Å². The number of rotatable bonds is 3. The number of hydrogen-bond acceptors (Lipinski definition) is 4. The molecule has 2 N–H and O–H groups in total. The van der Waals surface area contributed by atoms with Gasteiger partial charge < -0.3 is 10.6 Å². The molecule has 4 nitrogen and oxygen atoms in total.